The first-order chi connectivity index (χ1) is 11.3. The van der Waals surface area contributed by atoms with Gasteiger partial charge in [0.1, 0.15) is 5.41 Å². The molecule has 0 aromatic heterocycles. The van der Waals surface area contributed by atoms with E-state index in [2.05, 4.69) is 17.1 Å². The van der Waals surface area contributed by atoms with E-state index in [0.29, 0.717) is 13.1 Å². The zero-order valence-electron chi connectivity index (χ0n) is 15.5. The van der Waals surface area contributed by atoms with Crippen molar-refractivity contribution in [1.29, 1.82) is 0 Å². The predicted octanol–water partition coefficient (Wildman–Crippen LogP) is 2.43. The third kappa shape index (κ3) is 3.78. The monoisotopic (exact) mass is 331 g/mol. The third-order valence-corrected chi connectivity index (χ3v) is 4.93. The van der Waals surface area contributed by atoms with Crippen LogP contribution >= 0.6 is 0 Å². The number of amides is 2. The van der Waals surface area contributed by atoms with Crippen LogP contribution in [0.3, 0.4) is 0 Å². The number of anilines is 1. The van der Waals surface area contributed by atoms with Gasteiger partial charge in [-0.1, -0.05) is 25.1 Å². The Morgan fingerprint density at radius 1 is 1.08 bits per heavy atom. The lowest BCUT2D eigenvalue weighted by Gasteiger charge is -2.37. The average Bonchev–Trinajstić information content (AvgIpc) is 2.57. The number of carbonyl (C=O) groups excluding carboxylic acids is 2. The van der Waals surface area contributed by atoms with E-state index < -0.39 is 5.41 Å². The first kappa shape index (κ1) is 18.5. The van der Waals surface area contributed by atoms with Gasteiger partial charge in [-0.05, 0) is 45.4 Å². The van der Waals surface area contributed by atoms with E-state index in [-0.39, 0.29) is 11.8 Å². The molecular formula is C19H29N3O2. The molecular weight excluding hydrogens is 302 g/mol. The molecule has 0 aliphatic carbocycles. The molecule has 1 aliphatic heterocycles. The van der Waals surface area contributed by atoms with Gasteiger partial charge in [-0.15, -0.1) is 0 Å². The molecule has 0 spiro atoms. The van der Waals surface area contributed by atoms with Crippen molar-refractivity contribution in [2.24, 2.45) is 5.41 Å². The molecule has 1 aromatic rings. The summed E-state index contributed by atoms with van der Waals surface area (Å²) in [6.07, 6.45) is 0. The highest BCUT2D eigenvalue weighted by Crippen LogP contribution is 2.26. The molecule has 0 saturated carbocycles. The maximum Gasteiger partial charge on any atom is 0.239 e. The van der Waals surface area contributed by atoms with Crippen LogP contribution in [0.5, 0.6) is 0 Å². The molecule has 1 aliphatic rings. The van der Waals surface area contributed by atoms with Crippen LogP contribution in [0, 0.1) is 19.3 Å². The van der Waals surface area contributed by atoms with E-state index in [9.17, 15) is 9.59 Å². The molecule has 1 saturated heterocycles. The van der Waals surface area contributed by atoms with Gasteiger partial charge in [-0.2, -0.15) is 0 Å². The SMILES string of the molecule is CCN1CCN(C(=O)C(C)(C)C(=O)Nc2c(C)cccc2C)CC1. The second-order valence-corrected chi connectivity index (χ2v) is 7.07. The van der Waals surface area contributed by atoms with Gasteiger partial charge in [0.15, 0.2) is 0 Å². The topological polar surface area (TPSA) is 52.7 Å². The molecule has 1 fully saturated rings. The molecule has 2 amide bonds. The number of benzene rings is 1. The molecule has 132 valence electrons. The minimum atomic E-state index is -1.08. The van der Waals surface area contributed by atoms with Crippen molar-refractivity contribution in [2.75, 3.05) is 38.0 Å². The summed E-state index contributed by atoms with van der Waals surface area (Å²) in [6.45, 7) is 13.6. The minimum absolute atomic E-state index is 0.0954. The lowest BCUT2D eigenvalue weighted by Crippen LogP contribution is -2.54. The fourth-order valence-corrected chi connectivity index (χ4v) is 3.04. The molecule has 0 radical (unpaired) electrons. The summed E-state index contributed by atoms with van der Waals surface area (Å²) >= 11 is 0. The number of hydrogen-bond donors (Lipinski definition) is 1. The fourth-order valence-electron chi connectivity index (χ4n) is 3.04. The van der Waals surface area contributed by atoms with E-state index in [1.807, 2.05) is 36.9 Å². The maximum absolute atomic E-state index is 12.9. The number of likely N-dealkylation sites (N-methyl/N-ethyl adjacent to an activating group) is 1. The molecule has 1 heterocycles. The van der Waals surface area contributed by atoms with E-state index >= 15 is 0 Å². The molecule has 5 heteroatoms. The molecule has 0 bridgehead atoms. The normalized spacial score (nSPS) is 16.1. The Morgan fingerprint density at radius 3 is 2.12 bits per heavy atom. The number of rotatable bonds is 4. The van der Waals surface area contributed by atoms with Gasteiger partial charge in [-0.3, -0.25) is 9.59 Å². The zero-order chi connectivity index (χ0) is 17.9. The molecule has 24 heavy (non-hydrogen) atoms. The van der Waals surface area contributed by atoms with Crippen molar-refractivity contribution >= 4 is 17.5 Å². The van der Waals surface area contributed by atoms with Crippen LogP contribution in [0.15, 0.2) is 18.2 Å². The zero-order valence-corrected chi connectivity index (χ0v) is 15.5. The molecule has 1 aromatic carbocycles. The van der Waals surface area contributed by atoms with Crippen molar-refractivity contribution in [3.63, 3.8) is 0 Å². The molecule has 0 atom stereocenters. The summed E-state index contributed by atoms with van der Waals surface area (Å²) in [6, 6.07) is 5.88. The quantitative estimate of drug-likeness (QED) is 0.862. The lowest BCUT2D eigenvalue weighted by molar-refractivity contribution is -0.147. The standard InChI is InChI=1S/C19H29N3O2/c1-6-21-10-12-22(13-11-21)18(24)19(4,5)17(23)20-16-14(2)8-7-9-15(16)3/h7-9H,6,10-13H2,1-5H3,(H,20,23). The van der Waals surface area contributed by atoms with Gasteiger partial charge in [0, 0.05) is 31.9 Å². The highest BCUT2D eigenvalue weighted by Gasteiger charge is 2.40. The van der Waals surface area contributed by atoms with Crippen LogP contribution in [0.2, 0.25) is 0 Å². The first-order valence-corrected chi connectivity index (χ1v) is 8.66. The number of nitrogens with zero attached hydrogens (tertiary/aromatic N) is 2. The number of para-hydroxylation sites is 1. The number of aryl methyl sites for hydroxylation is 2. The Morgan fingerprint density at radius 2 is 1.62 bits per heavy atom. The second-order valence-electron chi connectivity index (χ2n) is 7.07. The second kappa shape index (κ2) is 7.34. The van der Waals surface area contributed by atoms with Gasteiger partial charge < -0.3 is 15.1 Å². The summed E-state index contributed by atoms with van der Waals surface area (Å²) in [5.74, 6) is -0.343. The number of hydrogen-bond acceptors (Lipinski definition) is 3. The van der Waals surface area contributed by atoms with E-state index in [1.165, 1.54) is 0 Å². The van der Waals surface area contributed by atoms with Crippen LogP contribution < -0.4 is 5.32 Å². The van der Waals surface area contributed by atoms with E-state index in [1.54, 1.807) is 13.8 Å². The molecule has 2 rings (SSSR count). The van der Waals surface area contributed by atoms with Gasteiger partial charge in [-0.25, -0.2) is 0 Å². The smallest absolute Gasteiger partial charge is 0.239 e. The highest BCUT2D eigenvalue weighted by molar-refractivity contribution is 6.10. The van der Waals surface area contributed by atoms with Gasteiger partial charge in [0.05, 0.1) is 0 Å². The Labute approximate surface area is 145 Å². The Kier molecular flexibility index (Phi) is 5.65. The fraction of sp³-hybridized carbons (Fsp3) is 0.579. The van der Waals surface area contributed by atoms with Crippen LogP contribution in [-0.2, 0) is 9.59 Å². The van der Waals surface area contributed by atoms with Crippen molar-refractivity contribution in [3.8, 4) is 0 Å². The summed E-state index contributed by atoms with van der Waals surface area (Å²) < 4.78 is 0. The minimum Gasteiger partial charge on any atom is -0.339 e. The summed E-state index contributed by atoms with van der Waals surface area (Å²) in [5.41, 5.74) is 1.73. The summed E-state index contributed by atoms with van der Waals surface area (Å²) in [7, 11) is 0. The van der Waals surface area contributed by atoms with E-state index in [0.717, 1.165) is 36.4 Å². The predicted molar refractivity (Wildman–Crippen MR) is 97.0 cm³/mol. The molecule has 5 nitrogen and oxygen atoms in total. The average molecular weight is 331 g/mol. The van der Waals surface area contributed by atoms with Gasteiger partial charge in [0.25, 0.3) is 0 Å². The van der Waals surface area contributed by atoms with Gasteiger partial charge in [0.2, 0.25) is 11.8 Å². The largest absolute Gasteiger partial charge is 0.339 e. The highest BCUT2D eigenvalue weighted by atomic mass is 16.2. The number of nitrogens with one attached hydrogen (secondary N) is 1. The maximum atomic E-state index is 12.9. The van der Waals surface area contributed by atoms with Gasteiger partial charge >= 0.3 is 0 Å². The van der Waals surface area contributed by atoms with Crippen LogP contribution in [0.25, 0.3) is 0 Å². The Balaban J connectivity index is 2.08. The van der Waals surface area contributed by atoms with Crippen molar-refractivity contribution in [3.05, 3.63) is 29.3 Å². The Bertz CT molecular complexity index is 597. The number of carbonyl (C=O) groups is 2. The van der Waals surface area contributed by atoms with Crippen molar-refractivity contribution in [1.82, 2.24) is 9.80 Å². The molecule has 0 unspecified atom stereocenters. The molecule has 1 N–H and O–H groups in total. The first-order valence-electron chi connectivity index (χ1n) is 8.66. The summed E-state index contributed by atoms with van der Waals surface area (Å²) in [4.78, 5) is 29.8. The number of piperazine rings is 1. The Hall–Kier alpha value is -1.88. The van der Waals surface area contributed by atoms with Crippen LogP contribution in [0.1, 0.15) is 31.9 Å². The van der Waals surface area contributed by atoms with Crippen LogP contribution in [-0.4, -0.2) is 54.3 Å². The van der Waals surface area contributed by atoms with Crippen molar-refractivity contribution < 1.29 is 9.59 Å². The third-order valence-electron chi connectivity index (χ3n) is 4.93. The van der Waals surface area contributed by atoms with E-state index in [4.69, 9.17) is 0 Å². The summed E-state index contributed by atoms with van der Waals surface area (Å²) in [5, 5.41) is 2.96. The van der Waals surface area contributed by atoms with Crippen LogP contribution in [0.4, 0.5) is 5.69 Å². The van der Waals surface area contributed by atoms with Crippen molar-refractivity contribution in [2.45, 2.75) is 34.6 Å². The lowest BCUT2D eigenvalue weighted by atomic mass is 9.89.